The van der Waals surface area contributed by atoms with Crippen LogP contribution in [-0.2, 0) is 88.0 Å². The third-order valence-corrected chi connectivity index (χ3v) is 19.6. The highest BCUT2D eigenvalue weighted by Crippen LogP contribution is 2.24. The van der Waals surface area contributed by atoms with Crippen LogP contribution in [0.5, 0.6) is 0 Å². The van der Waals surface area contributed by atoms with E-state index in [4.69, 9.17) is 22.9 Å². The summed E-state index contributed by atoms with van der Waals surface area (Å²) < 4.78 is 0. The smallest absolute Gasteiger partial charge is 0.327 e. The Morgan fingerprint density at radius 3 is 1.25 bits per heavy atom. The molecule has 1 aromatic heterocycles. The Kier molecular flexibility index (Phi) is 34.8. The summed E-state index contributed by atoms with van der Waals surface area (Å²) in [5.74, 6) is -14.9. The first kappa shape index (κ1) is 84.9. The van der Waals surface area contributed by atoms with E-state index in [-0.39, 0.29) is 70.2 Å². The van der Waals surface area contributed by atoms with Crippen molar-refractivity contribution in [1.82, 2.24) is 63.5 Å². The molecule has 1 aliphatic heterocycles. The number of hydrogen-bond acceptors (Lipinski definition) is 21. The zero-order valence-corrected chi connectivity index (χ0v) is 60.3. The van der Waals surface area contributed by atoms with E-state index in [0.29, 0.717) is 46.0 Å². The fraction of sp³-hybridized carbons (Fsp3) is 0.451. The number of benzene rings is 4. The second kappa shape index (κ2) is 43.4. The van der Waals surface area contributed by atoms with Gasteiger partial charge in [-0.05, 0) is 93.8 Å². The predicted octanol–water partition coefficient (Wildman–Crippen LogP) is -3.53. The SMILES string of the molecule is C[C@@H](O)[C@@H]1NC(=O)[C@H](CCCCN)NC(=O)[C@@H](Cc2c[nH]c3ccccc23)NC(=O)[C@H](Cc2ccccc2)NC(=O)[C@H](Cc2ccccc2)NC(=O)[C@H](CC(N)=O)NC(=O)[C@@H](CCCCN)NC(=O)[C@H](N)CSSC[C@@H](C(=O)O)NC(=O)[C@H](CO)NC(=O)[C@H]([C@@H](C)O)NC(=O)[C@@H](Cc2ccccc2)NC1=O. The molecule has 0 bridgehead atoms. The number of nitrogens with two attached hydrogens (primary N) is 4. The average Bonchev–Trinajstić information content (AvgIpc) is 1.53. The maximum absolute atomic E-state index is 15.3. The van der Waals surface area contributed by atoms with Crippen molar-refractivity contribution in [1.29, 1.82) is 0 Å². The van der Waals surface area contributed by atoms with Crippen LogP contribution in [0.3, 0.4) is 0 Å². The summed E-state index contributed by atoms with van der Waals surface area (Å²) in [6.07, 6.45) is -2.78. The summed E-state index contributed by atoms with van der Waals surface area (Å²) in [7, 11) is 1.73. The number of aliphatic carboxylic acids is 1. The molecule has 14 atom stereocenters. The topological polar surface area (TPSA) is 555 Å². The maximum Gasteiger partial charge on any atom is 0.327 e. The Balaban J connectivity index is 1.43. The van der Waals surface area contributed by atoms with E-state index < -0.39 is 180 Å². The number of carboxylic acids is 1. The van der Waals surface area contributed by atoms with Gasteiger partial charge in [0.05, 0.1) is 31.3 Å². The van der Waals surface area contributed by atoms with Crippen LogP contribution >= 0.6 is 21.6 Å². The lowest BCUT2D eigenvalue weighted by atomic mass is 10.00. The molecule has 5 aromatic rings. The van der Waals surface area contributed by atoms with Gasteiger partial charge < -0.3 is 107 Å². The molecule has 0 spiro atoms. The Bertz CT molecular complexity index is 3790. The summed E-state index contributed by atoms with van der Waals surface area (Å²) in [5.41, 5.74) is 26.3. The molecular formula is C71H96N16O17S2. The highest BCUT2D eigenvalue weighted by molar-refractivity contribution is 8.76. The van der Waals surface area contributed by atoms with Gasteiger partial charge in [0.1, 0.15) is 66.5 Å². The Hall–Kier alpha value is -10.0. The summed E-state index contributed by atoms with van der Waals surface area (Å²) in [6, 6.07) is 12.0. The normalized spacial score (nSPS) is 24.6. The van der Waals surface area contributed by atoms with Crippen LogP contribution < -0.4 is 81.4 Å². The van der Waals surface area contributed by atoms with Crippen molar-refractivity contribution < 1.29 is 82.8 Å². The standard InChI is InChI=1S/C71H96N16O17S2/c1-39(89)58-69(101)83-52(32-43-22-10-5-11-23-43)67(99)87-59(40(2)90)70(102)84-55(36-88)68(100)85-56(71(103)104)38-106-105-37-46(74)60(92)77-48(26-14-16-28-72)61(93)82-54(34-57(75)91)66(98)80-50(30-41-18-6-3-7-19-41)63(95)79-51(31-42-20-8-4-9-21-42)64(96)81-53(33-44-35-76-47-25-13-12-24-45(44)47)65(97)78-49(62(94)86-58)27-15-17-29-73/h3-13,18-25,35,39-40,46,48-56,58-59,76,88-90H,14-17,26-34,36-38,72-74H2,1-2H3,(H2,75,91)(H,77,92)(H,78,97)(H,79,95)(H,80,98)(H,81,96)(H,82,93)(H,83,101)(H,84,102)(H,85,100)(H,86,94)(H,87,99)(H,103,104)/t39-,40-,46-,48-,49+,50+,51+,52-,53-,54+,55+,56+,58+,59+/m1/s1. The molecule has 2 heterocycles. The van der Waals surface area contributed by atoms with Gasteiger partial charge in [-0.3, -0.25) is 57.5 Å². The molecule has 1 aliphatic rings. The number of aliphatic hydroxyl groups is 3. The number of fused-ring (bicyclic) bond motifs is 1. The second-order valence-corrected chi connectivity index (χ2v) is 28.1. The first-order chi connectivity index (χ1) is 50.7. The van der Waals surface area contributed by atoms with Gasteiger partial charge in [0, 0.05) is 54.3 Å². The fourth-order valence-electron chi connectivity index (χ4n) is 11.3. The fourth-order valence-corrected chi connectivity index (χ4v) is 13.6. The number of aromatic amines is 1. The molecular weight excluding hydrogens is 1410 g/mol. The predicted molar refractivity (Wildman–Crippen MR) is 394 cm³/mol. The Morgan fingerprint density at radius 2 is 0.802 bits per heavy atom. The Morgan fingerprint density at radius 1 is 0.443 bits per heavy atom. The van der Waals surface area contributed by atoms with Gasteiger partial charge >= 0.3 is 5.97 Å². The lowest BCUT2D eigenvalue weighted by Gasteiger charge is -2.29. The number of primary amides is 1. The number of H-pyrrole nitrogens is 1. The number of carbonyl (C=O) groups excluding carboxylic acids is 12. The summed E-state index contributed by atoms with van der Waals surface area (Å²) in [4.78, 5) is 188. The number of aromatic nitrogens is 1. The van der Waals surface area contributed by atoms with Gasteiger partial charge in [0.25, 0.3) is 0 Å². The van der Waals surface area contributed by atoms with Gasteiger partial charge in [0.15, 0.2) is 0 Å². The van der Waals surface area contributed by atoms with Crippen molar-refractivity contribution in [2.45, 2.75) is 169 Å². The lowest BCUT2D eigenvalue weighted by molar-refractivity contribution is -0.142. The van der Waals surface area contributed by atoms with Crippen LogP contribution in [0.2, 0.25) is 0 Å². The number of amides is 12. The number of carboxylic acid groups (broad SMARTS) is 1. The van der Waals surface area contributed by atoms with E-state index in [0.717, 1.165) is 35.4 Å². The molecule has 12 amide bonds. The molecule has 6 rings (SSSR count). The first-order valence-corrected chi connectivity index (χ1v) is 37.1. The summed E-state index contributed by atoms with van der Waals surface area (Å²) in [5, 5.41) is 71.1. The molecule has 4 aromatic carbocycles. The Labute approximate surface area is 619 Å². The molecule has 24 N–H and O–H groups in total. The van der Waals surface area contributed by atoms with Crippen molar-refractivity contribution >= 4 is 109 Å². The van der Waals surface area contributed by atoms with Gasteiger partial charge in [0.2, 0.25) is 70.9 Å². The number of unbranched alkanes of at least 4 members (excludes halogenated alkanes) is 2. The van der Waals surface area contributed by atoms with Crippen LogP contribution in [0, 0.1) is 0 Å². The van der Waals surface area contributed by atoms with E-state index >= 15 is 14.4 Å². The van der Waals surface area contributed by atoms with Gasteiger partial charge in [-0.1, -0.05) is 131 Å². The molecule has 0 saturated carbocycles. The van der Waals surface area contributed by atoms with E-state index in [9.17, 15) is 68.4 Å². The minimum atomic E-state index is -1.93. The summed E-state index contributed by atoms with van der Waals surface area (Å²) in [6.45, 7) is 1.45. The molecule has 0 unspecified atom stereocenters. The monoisotopic (exact) mass is 1510 g/mol. The lowest BCUT2D eigenvalue weighted by Crippen LogP contribution is -2.63. The molecule has 1 fully saturated rings. The van der Waals surface area contributed by atoms with E-state index in [1.807, 2.05) is 0 Å². The highest BCUT2D eigenvalue weighted by atomic mass is 33.1. The van der Waals surface area contributed by atoms with Crippen molar-refractivity contribution in [3.05, 3.63) is 144 Å². The highest BCUT2D eigenvalue weighted by Gasteiger charge is 2.39. The molecule has 1 saturated heterocycles. The maximum atomic E-state index is 15.3. The van der Waals surface area contributed by atoms with E-state index in [1.165, 1.54) is 0 Å². The molecule has 0 aliphatic carbocycles. The van der Waals surface area contributed by atoms with Gasteiger partial charge in [-0.2, -0.15) is 0 Å². The number of para-hydroxylation sites is 1. The van der Waals surface area contributed by atoms with Crippen LogP contribution in [-0.4, -0.2) is 218 Å². The van der Waals surface area contributed by atoms with Crippen molar-refractivity contribution in [2.75, 3.05) is 31.2 Å². The largest absolute Gasteiger partial charge is 0.480 e. The minimum absolute atomic E-state index is 0.0734. The van der Waals surface area contributed by atoms with E-state index in [1.54, 1.807) is 121 Å². The van der Waals surface area contributed by atoms with Crippen molar-refractivity contribution in [3.63, 3.8) is 0 Å². The summed E-state index contributed by atoms with van der Waals surface area (Å²) >= 11 is 0. The third-order valence-electron chi connectivity index (χ3n) is 17.1. The van der Waals surface area contributed by atoms with Crippen LogP contribution in [0.15, 0.2) is 121 Å². The molecule has 33 nitrogen and oxygen atoms in total. The first-order valence-electron chi connectivity index (χ1n) is 34.6. The quantitative estimate of drug-likeness (QED) is 0.0236. The van der Waals surface area contributed by atoms with Crippen molar-refractivity contribution in [2.24, 2.45) is 22.9 Å². The van der Waals surface area contributed by atoms with Gasteiger partial charge in [-0.15, -0.1) is 0 Å². The van der Waals surface area contributed by atoms with E-state index in [2.05, 4.69) is 63.5 Å². The average molecular weight is 1510 g/mol. The molecule has 35 heteroatoms. The number of hydrogen-bond donors (Lipinski definition) is 20. The molecule has 0 radical (unpaired) electrons. The molecule has 106 heavy (non-hydrogen) atoms. The van der Waals surface area contributed by atoms with Crippen LogP contribution in [0.1, 0.15) is 81.0 Å². The van der Waals surface area contributed by atoms with Crippen molar-refractivity contribution in [3.8, 4) is 0 Å². The number of nitrogens with one attached hydrogen (secondary N) is 12. The van der Waals surface area contributed by atoms with Crippen LogP contribution in [0.25, 0.3) is 10.9 Å². The number of rotatable bonds is 22. The second-order valence-electron chi connectivity index (χ2n) is 25.6. The zero-order chi connectivity index (χ0) is 77.4. The molecule has 574 valence electrons. The third kappa shape index (κ3) is 27.2. The van der Waals surface area contributed by atoms with Crippen LogP contribution in [0.4, 0.5) is 0 Å². The minimum Gasteiger partial charge on any atom is -0.480 e. The van der Waals surface area contributed by atoms with Gasteiger partial charge in [-0.25, -0.2) is 4.79 Å². The number of aliphatic hydroxyl groups excluding tert-OH is 3. The zero-order valence-electron chi connectivity index (χ0n) is 58.7. The number of carbonyl (C=O) groups is 13.